The molecule has 0 amide bonds. The summed E-state index contributed by atoms with van der Waals surface area (Å²) >= 11 is 2.54. The third-order valence-corrected chi connectivity index (χ3v) is 14.9. The molecule has 3 aromatic carbocycles. The first-order chi connectivity index (χ1) is 16.1. The number of rotatable bonds is 6. The first-order valence-electron chi connectivity index (χ1n) is 12.5. The van der Waals surface area contributed by atoms with Gasteiger partial charge in [0, 0.05) is 0 Å². The van der Waals surface area contributed by atoms with E-state index in [2.05, 4.69) is 142 Å². The van der Waals surface area contributed by atoms with Gasteiger partial charge in [0.05, 0.1) is 0 Å². The Morgan fingerprint density at radius 2 is 0.919 bits per heavy atom. The Kier molecular flexibility index (Phi) is 12.2. The fourth-order valence-electron chi connectivity index (χ4n) is 6.22. The van der Waals surface area contributed by atoms with Crippen LogP contribution in [0.4, 0.5) is 0 Å². The summed E-state index contributed by atoms with van der Waals surface area (Å²) in [5.74, 6) is 0. The summed E-state index contributed by atoms with van der Waals surface area (Å²) in [6, 6.07) is 21.9. The molecule has 0 bridgehead atoms. The first kappa shape index (κ1) is 34.0. The van der Waals surface area contributed by atoms with Crippen LogP contribution in [0.3, 0.4) is 0 Å². The molecule has 0 saturated heterocycles. The molecule has 4 rings (SSSR count). The fourth-order valence-corrected chi connectivity index (χ4v) is 14.8. The number of hydrogen-bond donors (Lipinski definition) is 0. The predicted molar refractivity (Wildman–Crippen MR) is 147 cm³/mol. The fraction of sp³-hybridized carbons (Fsp3) is 0.312. The molecule has 0 N–H and O–H groups in total. The van der Waals surface area contributed by atoms with Crippen LogP contribution >= 0.6 is 0 Å². The van der Waals surface area contributed by atoms with Gasteiger partial charge in [0.15, 0.2) is 0 Å². The topological polar surface area (TPSA) is 0 Å². The van der Waals surface area contributed by atoms with E-state index in [1.807, 2.05) is 0 Å². The molecule has 0 spiro atoms. The molecule has 5 heteroatoms. The molecule has 1 aliphatic carbocycles. The van der Waals surface area contributed by atoms with Gasteiger partial charge in [-0.05, 0) is 0 Å². The van der Waals surface area contributed by atoms with Crippen LogP contribution in [0.5, 0.6) is 0 Å². The monoisotopic (exact) mass is 602 g/mol. The molecule has 0 nitrogen and oxygen atoms in total. The van der Waals surface area contributed by atoms with Gasteiger partial charge in [0.25, 0.3) is 0 Å². The smallest absolute Gasteiger partial charge is 1.00 e. The van der Waals surface area contributed by atoms with E-state index in [9.17, 15) is 0 Å². The van der Waals surface area contributed by atoms with E-state index in [0.717, 1.165) is 6.42 Å². The Bertz CT molecular complexity index is 1130. The van der Waals surface area contributed by atoms with E-state index in [1.165, 1.54) is 55.4 Å². The molecule has 37 heavy (non-hydrogen) atoms. The minimum atomic E-state index is -2.56. The van der Waals surface area contributed by atoms with E-state index >= 15 is 0 Å². The summed E-state index contributed by atoms with van der Waals surface area (Å²) in [5, 5.41) is 4.57. The van der Waals surface area contributed by atoms with Gasteiger partial charge in [-0.15, -0.1) is 0 Å². The first-order valence-corrected chi connectivity index (χ1v) is 15.3. The van der Waals surface area contributed by atoms with Crippen molar-refractivity contribution in [3.05, 3.63) is 112 Å². The number of aryl methyl sites for hydroxylation is 6. The second-order valence-corrected chi connectivity index (χ2v) is 16.5. The Balaban J connectivity index is 0.00000228. The van der Waals surface area contributed by atoms with Crippen LogP contribution in [0, 0.1) is 41.5 Å². The normalized spacial score (nSPS) is 16.4. The van der Waals surface area contributed by atoms with Gasteiger partial charge < -0.3 is 37.2 Å². The molecule has 0 heterocycles. The van der Waals surface area contributed by atoms with Gasteiger partial charge >= 0.3 is 220 Å². The van der Waals surface area contributed by atoms with E-state index in [1.54, 1.807) is 5.57 Å². The summed E-state index contributed by atoms with van der Waals surface area (Å²) in [6.07, 6.45) is 9.59. The SMILES string of the molecule is CCCC1=CC=C[C]1([Ti+3])[Si](c1cc(C)cc(C)c1)(c1cc(C)cc(C)c1)c1cc(C)cc(C)c1.[Cl-].[Cl-].[Cl-]. The Hall–Kier alpha value is -1.06. The molecular formula is C32H37Cl3SiTi. The van der Waals surface area contributed by atoms with Crippen LogP contribution in [-0.4, -0.2) is 8.07 Å². The molecular weight excluding hydrogens is 567 g/mol. The zero-order valence-electron chi connectivity index (χ0n) is 23.0. The van der Waals surface area contributed by atoms with Crippen LogP contribution in [0.15, 0.2) is 78.4 Å². The zero-order valence-corrected chi connectivity index (χ0v) is 27.8. The minimum absolute atomic E-state index is 0. The quantitative estimate of drug-likeness (QED) is 0.217. The summed E-state index contributed by atoms with van der Waals surface area (Å²) in [6.45, 7) is 15.9. The molecule has 1 atom stereocenters. The average molecular weight is 604 g/mol. The van der Waals surface area contributed by atoms with Crippen LogP contribution in [-0.2, 0) is 20.4 Å². The van der Waals surface area contributed by atoms with Crippen molar-refractivity contribution in [3.8, 4) is 0 Å². The summed E-state index contributed by atoms with van der Waals surface area (Å²) in [4.78, 5) is 0. The van der Waals surface area contributed by atoms with Gasteiger partial charge in [0.2, 0.25) is 0 Å². The number of halogens is 3. The number of benzene rings is 3. The van der Waals surface area contributed by atoms with Gasteiger partial charge in [0.1, 0.15) is 0 Å². The average Bonchev–Trinajstić information content (AvgIpc) is 3.08. The van der Waals surface area contributed by atoms with Crippen LogP contribution in [0.2, 0.25) is 3.34 Å². The van der Waals surface area contributed by atoms with Gasteiger partial charge in [-0.2, -0.15) is 0 Å². The van der Waals surface area contributed by atoms with Crippen molar-refractivity contribution in [2.24, 2.45) is 0 Å². The van der Waals surface area contributed by atoms with Gasteiger partial charge in [-0.1, -0.05) is 0 Å². The molecule has 194 valence electrons. The minimum Gasteiger partial charge on any atom is -1.00 e. The Morgan fingerprint density at radius 1 is 0.595 bits per heavy atom. The van der Waals surface area contributed by atoms with Crippen molar-refractivity contribution >= 4 is 23.6 Å². The molecule has 1 aliphatic rings. The van der Waals surface area contributed by atoms with Crippen molar-refractivity contribution in [1.82, 2.24) is 0 Å². The maximum absolute atomic E-state index is 2.56. The van der Waals surface area contributed by atoms with Crippen LogP contribution in [0.25, 0.3) is 0 Å². The van der Waals surface area contributed by atoms with Crippen molar-refractivity contribution in [2.75, 3.05) is 0 Å². The molecule has 0 saturated carbocycles. The zero-order chi connectivity index (χ0) is 24.7. The van der Waals surface area contributed by atoms with Gasteiger partial charge in [-0.25, -0.2) is 0 Å². The second-order valence-electron chi connectivity index (χ2n) is 10.5. The number of hydrogen-bond acceptors (Lipinski definition) is 0. The summed E-state index contributed by atoms with van der Waals surface area (Å²) in [5.41, 5.74) is 9.71. The molecule has 0 aromatic heterocycles. The molecule has 0 radical (unpaired) electrons. The van der Waals surface area contributed by atoms with E-state index in [4.69, 9.17) is 0 Å². The molecule has 1 unspecified atom stereocenters. The summed E-state index contributed by atoms with van der Waals surface area (Å²) < 4.78 is -0.0380. The predicted octanol–water partition coefficient (Wildman–Crippen LogP) is -2.44. The molecule has 0 fully saturated rings. The summed E-state index contributed by atoms with van der Waals surface area (Å²) in [7, 11) is -2.56. The number of allylic oxidation sites excluding steroid dienone is 4. The molecule has 3 aromatic rings. The van der Waals surface area contributed by atoms with Crippen LogP contribution < -0.4 is 52.8 Å². The van der Waals surface area contributed by atoms with Gasteiger partial charge in [-0.3, -0.25) is 0 Å². The third kappa shape index (κ3) is 6.24. The third-order valence-electron chi connectivity index (χ3n) is 7.23. The Labute approximate surface area is 256 Å². The van der Waals surface area contributed by atoms with Crippen molar-refractivity contribution in [3.63, 3.8) is 0 Å². The van der Waals surface area contributed by atoms with E-state index in [-0.39, 0.29) is 40.6 Å². The molecule has 0 aliphatic heterocycles. The van der Waals surface area contributed by atoms with Crippen molar-refractivity contribution in [1.29, 1.82) is 0 Å². The van der Waals surface area contributed by atoms with E-state index in [0.29, 0.717) is 0 Å². The second kappa shape index (κ2) is 13.3. The standard InChI is InChI=1S/C32H37Si.3ClH.Ti/c1-8-10-28-11-9-12-32(28)33(29-16-22(2)13-23(3)17-29,30-18-24(4)14-25(5)19-30)31-20-26(6)15-27(7)21-31;;;;/h9,11-21H,8,10H2,1-7H3;3*1H;/q;;;;+3/p-3. The van der Waals surface area contributed by atoms with Crippen molar-refractivity contribution in [2.45, 2.75) is 64.7 Å². The largest absolute Gasteiger partial charge is 1.00 e. The van der Waals surface area contributed by atoms with E-state index < -0.39 is 8.07 Å². The maximum atomic E-state index is 2.54. The van der Waals surface area contributed by atoms with Crippen LogP contribution in [0.1, 0.15) is 53.1 Å². The van der Waals surface area contributed by atoms with Crippen molar-refractivity contribution < 1.29 is 57.7 Å². The maximum Gasteiger partial charge on any atom is -1.00 e. The Morgan fingerprint density at radius 3 is 1.22 bits per heavy atom.